The highest BCUT2D eigenvalue weighted by molar-refractivity contribution is 7.91. The lowest BCUT2D eigenvalue weighted by atomic mass is 9.86. The maximum atomic E-state index is 11.4. The number of nitrogens with zero attached hydrogens (tertiary/aromatic N) is 2. The Bertz CT molecular complexity index is 487. The Morgan fingerprint density at radius 3 is 2.93 bits per heavy atom. The first kappa shape index (κ1) is 10.6. The summed E-state index contributed by atoms with van der Waals surface area (Å²) in [5.74, 6) is 0.113. The molecule has 80 valence electrons. The fourth-order valence-electron chi connectivity index (χ4n) is 1.81. The lowest BCUT2D eigenvalue weighted by Gasteiger charge is -2.16. The first-order valence-corrected chi connectivity index (χ1v) is 7.25. The summed E-state index contributed by atoms with van der Waals surface area (Å²) in [5, 5.41) is 11.8. The minimum absolute atomic E-state index is 0.0178. The van der Waals surface area contributed by atoms with Gasteiger partial charge in [0.15, 0.2) is 9.84 Å². The van der Waals surface area contributed by atoms with E-state index in [1.165, 1.54) is 11.3 Å². The number of thiazole rings is 1. The van der Waals surface area contributed by atoms with E-state index < -0.39 is 15.3 Å². The van der Waals surface area contributed by atoms with Gasteiger partial charge in [-0.2, -0.15) is 5.26 Å². The van der Waals surface area contributed by atoms with Crippen molar-refractivity contribution in [2.45, 2.75) is 12.8 Å². The van der Waals surface area contributed by atoms with Gasteiger partial charge in [0.2, 0.25) is 0 Å². The van der Waals surface area contributed by atoms with Crippen molar-refractivity contribution in [3.8, 4) is 6.07 Å². The molecule has 0 aromatic carbocycles. The van der Waals surface area contributed by atoms with Crippen molar-refractivity contribution in [3.63, 3.8) is 0 Å². The van der Waals surface area contributed by atoms with Crippen LogP contribution in [-0.2, 0) is 16.3 Å². The summed E-state index contributed by atoms with van der Waals surface area (Å²) in [6.07, 6.45) is 2.57. The maximum absolute atomic E-state index is 11.4. The normalized spacial score (nSPS) is 28.7. The van der Waals surface area contributed by atoms with Gasteiger partial charge in [0.1, 0.15) is 0 Å². The molecule has 1 aliphatic rings. The van der Waals surface area contributed by atoms with Gasteiger partial charge in [-0.1, -0.05) is 0 Å². The van der Waals surface area contributed by atoms with Crippen molar-refractivity contribution in [1.29, 1.82) is 5.26 Å². The van der Waals surface area contributed by atoms with Crippen molar-refractivity contribution in [2.75, 3.05) is 11.5 Å². The van der Waals surface area contributed by atoms with E-state index in [1.807, 2.05) is 5.38 Å². The van der Waals surface area contributed by atoms with E-state index in [4.69, 9.17) is 5.26 Å². The highest BCUT2D eigenvalue weighted by Crippen LogP contribution is 2.35. The van der Waals surface area contributed by atoms with E-state index in [9.17, 15) is 8.42 Å². The van der Waals surface area contributed by atoms with Gasteiger partial charge in [0.05, 0.1) is 28.0 Å². The van der Waals surface area contributed by atoms with E-state index in [1.54, 1.807) is 6.20 Å². The number of nitriles is 1. The Kier molecular flexibility index (Phi) is 2.52. The highest BCUT2D eigenvalue weighted by atomic mass is 32.2. The monoisotopic (exact) mass is 242 g/mol. The molecule has 0 bridgehead atoms. The fraction of sp³-hybridized carbons (Fsp3) is 0.556. The van der Waals surface area contributed by atoms with Crippen LogP contribution in [-0.4, -0.2) is 24.9 Å². The molecule has 0 aliphatic carbocycles. The highest BCUT2D eigenvalue weighted by Gasteiger charge is 2.43. The van der Waals surface area contributed by atoms with Crippen molar-refractivity contribution in [3.05, 3.63) is 16.6 Å². The molecule has 1 saturated heterocycles. The number of hydrogen-bond acceptors (Lipinski definition) is 5. The van der Waals surface area contributed by atoms with Crippen molar-refractivity contribution in [2.24, 2.45) is 5.41 Å². The lowest BCUT2D eigenvalue weighted by Crippen LogP contribution is -2.23. The number of aromatic nitrogens is 1. The molecule has 6 heteroatoms. The molecule has 0 radical (unpaired) electrons. The Labute approximate surface area is 92.5 Å². The van der Waals surface area contributed by atoms with Crippen molar-refractivity contribution < 1.29 is 8.42 Å². The van der Waals surface area contributed by atoms with Crippen LogP contribution in [0.25, 0.3) is 0 Å². The van der Waals surface area contributed by atoms with Crippen LogP contribution in [0.3, 0.4) is 0 Å². The van der Waals surface area contributed by atoms with E-state index in [0.717, 1.165) is 5.01 Å². The second-order valence-electron chi connectivity index (χ2n) is 3.84. The van der Waals surface area contributed by atoms with Crippen LogP contribution in [0.1, 0.15) is 11.4 Å². The summed E-state index contributed by atoms with van der Waals surface area (Å²) in [4.78, 5) is 4.09. The Balaban J connectivity index is 2.22. The zero-order valence-corrected chi connectivity index (χ0v) is 9.64. The van der Waals surface area contributed by atoms with Crippen LogP contribution >= 0.6 is 11.3 Å². The Hall–Kier alpha value is -0.930. The minimum atomic E-state index is -3.01. The smallest absolute Gasteiger partial charge is 0.151 e. The first-order valence-electron chi connectivity index (χ1n) is 4.55. The SMILES string of the molecule is N#CC1(Cc2nccs2)CCS(=O)(=O)C1. The Morgan fingerprint density at radius 1 is 1.67 bits per heavy atom. The number of sulfone groups is 1. The molecule has 1 aromatic heterocycles. The van der Waals surface area contributed by atoms with Crippen LogP contribution in [0.4, 0.5) is 0 Å². The van der Waals surface area contributed by atoms with Crippen LogP contribution in [0.15, 0.2) is 11.6 Å². The van der Waals surface area contributed by atoms with Gasteiger partial charge in [0.25, 0.3) is 0 Å². The first-order chi connectivity index (χ1) is 7.05. The van der Waals surface area contributed by atoms with Gasteiger partial charge in [-0.25, -0.2) is 13.4 Å². The van der Waals surface area contributed by atoms with Gasteiger partial charge < -0.3 is 0 Å². The molecule has 2 rings (SSSR count). The van der Waals surface area contributed by atoms with Crippen molar-refractivity contribution in [1.82, 2.24) is 4.98 Å². The molecule has 0 spiro atoms. The van der Waals surface area contributed by atoms with Gasteiger partial charge in [-0.3, -0.25) is 0 Å². The van der Waals surface area contributed by atoms with Crippen LogP contribution in [0.5, 0.6) is 0 Å². The quantitative estimate of drug-likeness (QED) is 0.776. The summed E-state index contributed by atoms with van der Waals surface area (Å²) in [6, 6.07) is 2.16. The molecule has 0 amide bonds. The van der Waals surface area contributed by atoms with Crippen LogP contribution in [0, 0.1) is 16.7 Å². The van der Waals surface area contributed by atoms with E-state index >= 15 is 0 Å². The molecule has 0 N–H and O–H groups in total. The molecular weight excluding hydrogens is 232 g/mol. The summed E-state index contributed by atoms with van der Waals surface area (Å²) >= 11 is 1.47. The second-order valence-corrected chi connectivity index (χ2v) is 7.00. The molecule has 1 aromatic rings. The van der Waals surface area contributed by atoms with E-state index in [0.29, 0.717) is 12.8 Å². The summed E-state index contributed by atoms with van der Waals surface area (Å²) in [7, 11) is -3.01. The summed E-state index contributed by atoms with van der Waals surface area (Å²) < 4.78 is 22.7. The van der Waals surface area contributed by atoms with Gasteiger partial charge >= 0.3 is 0 Å². The molecule has 1 unspecified atom stereocenters. The largest absolute Gasteiger partial charge is 0.250 e. The summed E-state index contributed by atoms with van der Waals surface area (Å²) in [6.45, 7) is 0. The predicted octanol–water partition coefficient (Wildman–Crippen LogP) is 1.01. The van der Waals surface area contributed by atoms with E-state index in [-0.39, 0.29) is 11.5 Å². The third-order valence-corrected chi connectivity index (χ3v) is 5.20. The third kappa shape index (κ3) is 2.19. The van der Waals surface area contributed by atoms with Gasteiger partial charge in [-0.15, -0.1) is 11.3 Å². The molecule has 15 heavy (non-hydrogen) atoms. The van der Waals surface area contributed by atoms with Crippen LogP contribution < -0.4 is 0 Å². The molecule has 4 nitrogen and oxygen atoms in total. The molecule has 1 atom stereocenters. The molecule has 1 aliphatic heterocycles. The predicted molar refractivity (Wildman–Crippen MR) is 57.1 cm³/mol. The third-order valence-electron chi connectivity index (χ3n) is 2.60. The average molecular weight is 242 g/mol. The molecular formula is C9H10N2O2S2. The number of rotatable bonds is 2. The number of hydrogen-bond donors (Lipinski definition) is 0. The van der Waals surface area contributed by atoms with Gasteiger partial charge in [0, 0.05) is 18.0 Å². The fourth-order valence-corrected chi connectivity index (χ4v) is 4.57. The lowest BCUT2D eigenvalue weighted by molar-refractivity contribution is 0.450. The van der Waals surface area contributed by atoms with Crippen LogP contribution in [0.2, 0.25) is 0 Å². The maximum Gasteiger partial charge on any atom is 0.151 e. The zero-order chi connectivity index (χ0) is 10.9. The van der Waals surface area contributed by atoms with E-state index in [2.05, 4.69) is 11.1 Å². The minimum Gasteiger partial charge on any atom is -0.250 e. The second kappa shape index (κ2) is 3.58. The zero-order valence-electron chi connectivity index (χ0n) is 8.01. The molecule has 0 saturated carbocycles. The Morgan fingerprint density at radius 2 is 2.47 bits per heavy atom. The van der Waals surface area contributed by atoms with Gasteiger partial charge in [-0.05, 0) is 6.42 Å². The standard InChI is InChI=1S/C9H10N2O2S2/c10-6-9(1-4-15(12,13)7-9)5-8-11-2-3-14-8/h2-3H,1,4-5,7H2. The molecule has 1 fully saturated rings. The molecule has 2 heterocycles. The average Bonchev–Trinajstić information content (AvgIpc) is 2.75. The van der Waals surface area contributed by atoms with Crippen molar-refractivity contribution >= 4 is 21.2 Å². The summed E-state index contributed by atoms with van der Waals surface area (Å²) in [5.41, 5.74) is -0.739. The topological polar surface area (TPSA) is 70.8 Å².